The van der Waals surface area contributed by atoms with Gasteiger partial charge in [0.1, 0.15) is 12.7 Å². The summed E-state index contributed by atoms with van der Waals surface area (Å²) in [5.74, 6) is -0.448. The molecule has 0 aromatic heterocycles. The molecule has 0 aliphatic heterocycles. The molecule has 0 fully saturated rings. The number of esters is 1. The molecule has 0 radical (unpaired) electrons. The highest BCUT2D eigenvalue weighted by Gasteiger charge is 2.11. The van der Waals surface area contributed by atoms with Gasteiger partial charge in [-0.25, -0.2) is 4.79 Å². The van der Waals surface area contributed by atoms with Gasteiger partial charge in [0.25, 0.3) is 0 Å². The Balaban J connectivity index is 3.75. The molecular formula is C12H18O4. The first-order valence-electron chi connectivity index (χ1n) is 4.91. The molecule has 0 amide bonds. The van der Waals surface area contributed by atoms with Crippen molar-refractivity contribution in [2.45, 2.75) is 13.0 Å². The number of hydrogen-bond donors (Lipinski definition) is 0. The molecule has 0 aromatic carbocycles. The summed E-state index contributed by atoms with van der Waals surface area (Å²) in [6.45, 7) is 13.1. The van der Waals surface area contributed by atoms with Crippen molar-refractivity contribution >= 4 is 5.97 Å². The third kappa shape index (κ3) is 6.84. The summed E-state index contributed by atoms with van der Waals surface area (Å²) in [4.78, 5) is 11.2. The van der Waals surface area contributed by atoms with Crippen LogP contribution in [0.25, 0.3) is 0 Å². The molecule has 4 nitrogen and oxygen atoms in total. The van der Waals surface area contributed by atoms with Crippen LogP contribution in [0.2, 0.25) is 0 Å². The molecule has 0 spiro atoms. The van der Waals surface area contributed by atoms with Gasteiger partial charge >= 0.3 is 5.97 Å². The van der Waals surface area contributed by atoms with Gasteiger partial charge in [0, 0.05) is 5.57 Å². The Morgan fingerprint density at radius 1 is 1.38 bits per heavy atom. The summed E-state index contributed by atoms with van der Waals surface area (Å²) in [5, 5.41) is 0. The first-order valence-corrected chi connectivity index (χ1v) is 4.91. The van der Waals surface area contributed by atoms with Crippen molar-refractivity contribution in [3.8, 4) is 0 Å². The SMILES string of the molecule is C=COCCOCC(C=C)OC(=O)C(=C)C. The monoisotopic (exact) mass is 226 g/mol. The van der Waals surface area contributed by atoms with Gasteiger partial charge < -0.3 is 14.2 Å². The quantitative estimate of drug-likeness (QED) is 0.198. The molecule has 90 valence electrons. The lowest BCUT2D eigenvalue weighted by molar-refractivity contribution is -0.144. The molecular weight excluding hydrogens is 208 g/mol. The van der Waals surface area contributed by atoms with E-state index in [9.17, 15) is 4.79 Å². The average molecular weight is 226 g/mol. The molecule has 0 saturated carbocycles. The smallest absolute Gasteiger partial charge is 0.333 e. The lowest BCUT2D eigenvalue weighted by Gasteiger charge is -2.14. The van der Waals surface area contributed by atoms with Gasteiger partial charge in [-0.3, -0.25) is 0 Å². The second kappa shape index (κ2) is 8.73. The Morgan fingerprint density at radius 2 is 2.06 bits per heavy atom. The summed E-state index contributed by atoms with van der Waals surface area (Å²) >= 11 is 0. The zero-order chi connectivity index (χ0) is 12.4. The standard InChI is InChI=1S/C12H18O4/c1-5-11(16-12(13)10(3)4)9-15-8-7-14-6-2/h5-6,11H,1-3,7-9H2,4H3. The Bertz CT molecular complexity index is 258. The normalized spacial score (nSPS) is 11.3. The predicted molar refractivity (Wildman–Crippen MR) is 61.9 cm³/mol. The minimum absolute atomic E-state index is 0.253. The van der Waals surface area contributed by atoms with Crippen LogP contribution in [0.15, 0.2) is 37.6 Å². The second-order valence-corrected chi connectivity index (χ2v) is 3.07. The van der Waals surface area contributed by atoms with Crippen molar-refractivity contribution in [3.63, 3.8) is 0 Å². The minimum Gasteiger partial charge on any atom is -0.499 e. The third-order valence-electron chi connectivity index (χ3n) is 1.62. The van der Waals surface area contributed by atoms with Gasteiger partial charge in [-0.2, -0.15) is 0 Å². The maximum absolute atomic E-state index is 11.2. The maximum atomic E-state index is 11.2. The van der Waals surface area contributed by atoms with Crippen LogP contribution < -0.4 is 0 Å². The number of carbonyl (C=O) groups excluding carboxylic acids is 1. The molecule has 0 rings (SSSR count). The van der Waals surface area contributed by atoms with E-state index >= 15 is 0 Å². The molecule has 0 aliphatic carbocycles. The molecule has 1 unspecified atom stereocenters. The van der Waals surface area contributed by atoms with E-state index in [1.807, 2.05) is 0 Å². The largest absolute Gasteiger partial charge is 0.499 e. The lowest BCUT2D eigenvalue weighted by Crippen LogP contribution is -2.22. The molecule has 0 bridgehead atoms. The van der Waals surface area contributed by atoms with Gasteiger partial charge in [0.15, 0.2) is 0 Å². The first kappa shape index (κ1) is 14.5. The van der Waals surface area contributed by atoms with E-state index in [1.165, 1.54) is 12.3 Å². The van der Waals surface area contributed by atoms with Gasteiger partial charge in [0.2, 0.25) is 0 Å². The van der Waals surface area contributed by atoms with Crippen LogP contribution in [0.4, 0.5) is 0 Å². The summed E-state index contributed by atoms with van der Waals surface area (Å²) in [7, 11) is 0. The van der Waals surface area contributed by atoms with Crippen LogP contribution in [-0.2, 0) is 19.0 Å². The van der Waals surface area contributed by atoms with Crippen molar-refractivity contribution in [2.24, 2.45) is 0 Å². The highest BCUT2D eigenvalue weighted by atomic mass is 16.6. The van der Waals surface area contributed by atoms with E-state index in [0.717, 1.165) is 0 Å². The van der Waals surface area contributed by atoms with E-state index in [4.69, 9.17) is 14.2 Å². The number of rotatable bonds is 9. The molecule has 0 saturated heterocycles. The number of ether oxygens (including phenoxy) is 3. The molecule has 4 heteroatoms. The Kier molecular flexibility index (Phi) is 7.89. The molecule has 1 atom stereocenters. The van der Waals surface area contributed by atoms with Crippen molar-refractivity contribution in [2.75, 3.05) is 19.8 Å². The highest BCUT2D eigenvalue weighted by molar-refractivity contribution is 5.87. The molecule has 0 heterocycles. The van der Waals surface area contributed by atoms with Crippen LogP contribution in [-0.4, -0.2) is 31.9 Å². The van der Waals surface area contributed by atoms with Gasteiger partial charge in [-0.05, 0) is 13.0 Å². The maximum Gasteiger partial charge on any atom is 0.333 e. The van der Waals surface area contributed by atoms with Crippen LogP contribution in [0, 0.1) is 0 Å². The molecule has 0 aliphatic rings. The lowest BCUT2D eigenvalue weighted by atomic mass is 10.3. The first-order chi connectivity index (χ1) is 7.61. The fraction of sp³-hybridized carbons (Fsp3) is 0.417. The van der Waals surface area contributed by atoms with Crippen LogP contribution in [0.1, 0.15) is 6.92 Å². The topological polar surface area (TPSA) is 44.8 Å². The third-order valence-corrected chi connectivity index (χ3v) is 1.62. The van der Waals surface area contributed by atoms with Gasteiger partial charge in [0.05, 0.1) is 19.5 Å². The molecule has 16 heavy (non-hydrogen) atoms. The summed E-state index contributed by atoms with van der Waals surface area (Å²) in [6.07, 6.45) is 2.39. The highest BCUT2D eigenvalue weighted by Crippen LogP contribution is 2.00. The predicted octanol–water partition coefficient (Wildman–Crippen LogP) is 1.84. The van der Waals surface area contributed by atoms with Crippen molar-refractivity contribution in [1.29, 1.82) is 0 Å². The Morgan fingerprint density at radius 3 is 2.56 bits per heavy atom. The van der Waals surface area contributed by atoms with E-state index in [-0.39, 0.29) is 6.61 Å². The zero-order valence-electron chi connectivity index (χ0n) is 9.61. The number of carbonyl (C=O) groups is 1. The van der Waals surface area contributed by atoms with Crippen LogP contribution in [0.3, 0.4) is 0 Å². The van der Waals surface area contributed by atoms with Gasteiger partial charge in [-0.1, -0.05) is 19.7 Å². The van der Waals surface area contributed by atoms with Crippen molar-refractivity contribution < 1.29 is 19.0 Å². The zero-order valence-corrected chi connectivity index (χ0v) is 9.61. The molecule has 0 aromatic rings. The van der Waals surface area contributed by atoms with Crippen LogP contribution >= 0.6 is 0 Å². The Labute approximate surface area is 96.2 Å². The van der Waals surface area contributed by atoms with E-state index in [0.29, 0.717) is 18.8 Å². The summed E-state index contributed by atoms with van der Waals surface area (Å²) in [6, 6.07) is 0. The van der Waals surface area contributed by atoms with Crippen LogP contribution in [0.5, 0.6) is 0 Å². The minimum atomic E-state index is -0.465. The average Bonchev–Trinajstić information content (AvgIpc) is 2.26. The van der Waals surface area contributed by atoms with E-state index in [1.54, 1.807) is 6.92 Å². The fourth-order valence-electron chi connectivity index (χ4n) is 0.778. The van der Waals surface area contributed by atoms with Gasteiger partial charge in [-0.15, -0.1) is 0 Å². The van der Waals surface area contributed by atoms with E-state index in [2.05, 4.69) is 19.7 Å². The fourth-order valence-corrected chi connectivity index (χ4v) is 0.778. The second-order valence-electron chi connectivity index (χ2n) is 3.07. The van der Waals surface area contributed by atoms with Crippen molar-refractivity contribution in [3.05, 3.63) is 37.6 Å². The van der Waals surface area contributed by atoms with E-state index < -0.39 is 12.1 Å². The summed E-state index contributed by atoms with van der Waals surface area (Å²) < 4.78 is 15.1. The number of hydrogen-bond acceptors (Lipinski definition) is 4. The summed E-state index contributed by atoms with van der Waals surface area (Å²) in [5.41, 5.74) is 0.349. The Hall–Kier alpha value is -1.55. The van der Waals surface area contributed by atoms with Crippen molar-refractivity contribution in [1.82, 2.24) is 0 Å². The molecule has 0 N–H and O–H groups in total.